The topological polar surface area (TPSA) is 54.4 Å². The van der Waals surface area contributed by atoms with Crippen LogP contribution in [-0.4, -0.2) is 16.7 Å². The Balaban J connectivity index is 1.99. The molecule has 0 bridgehead atoms. The molecule has 2 N–H and O–H groups in total. The average Bonchev–Trinajstić information content (AvgIpc) is 2.46. The zero-order valence-electron chi connectivity index (χ0n) is 11.0. The van der Waals surface area contributed by atoms with Gasteiger partial charge in [-0.05, 0) is 24.1 Å². The molecule has 4 heteroatoms. The number of anilines is 1. The van der Waals surface area contributed by atoms with E-state index in [9.17, 15) is 0 Å². The average molecular weight is 258 g/mol. The molecule has 0 unspecified atom stereocenters. The molecular formula is C15H18N2O2. The van der Waals surface area contributed by atoms with Crippen LogP contribution in [0.2, 0.25) is 0 Å². The Bertz CT molecular complexity index is 529. The van der Waals surface area contributed by atoms with Gasteiger partial charge in [-0.1, -0.05) is 30.3 Å². The van der Waals surface area contributed by atoms with Crippen molar-refractivity contribution in [3.05, 3.63) is 53.6 Å². The van der Waals surface area contributed by atoms with Crippen molar-refractivity contribution in [2.45, 2.75) is 20.1 Å². The molecule has 0 radical (unpaired) electrons. The second-order valence-electron chi connectivity index (χ2n) is 4.13. The van der Waals surface area contributed by atoms with Gasteiger partial charge < -0.3 is 15.2 Å². The highest BCUT2D eigenvalue weighted by atomic mass is 16.5. The molecule has 2 rings (SSSR count). The van der Waals surface area contributed by atoms with Gasteiger partial charge in [-0.2, -0.15) is 4.98 Å². The van der Waals surface area contributed by atoms with E-state index in [1.807, 2.05) is 49.4 Å². The number of pyridine rings is 1. The lowest BCUT2D eigenvalue weighted by Crippen LogP contribution is -2.03. The molecule has 0 aliphatic rings. The highest BCUT2D eigenvalue weighted by molar-refractivity contribution is 5.38. The Hall–Kier alpha value is -2.07. The van der Waals surface area contributed by atoms with Gasteiger partial charge in [0.25, 0.3) is 0 Å². The number of hydrogen-bond donors (Lipinski definition) is 2. The van der Waals surface area contributed by atoms with Crippen LogP contribution in [0.4, 0.5) is 5.82 Å². The molecule has 2 aromatic rings. The number of rotatable bonds is 6. The van der Waals surface area contributed by atoms with Crippen LogP contribution in [0.3, 0.4) is 0 Å². The smallest absolute Gasteiger partial charge is 0.215 e. The predicted octanol–water partition coefficient (Wildman–Crippen LogP) is 2.58. The maximum Gasteiger partial charge on any atom is 0.215 e. The second-order valence-corrected chi connectivity index (χ2v) is 4.13. The quantitative estimate of drug-likeness (QED) is 0.836. The zero-order chi connectivity index (χ0) is 13.5. The fourth-order valence-corrected chi connectivity index (χ4v) is 1.77. The van der Waals surface area contributed by atoms with E-state index in [0.717, 1.165) is 16.9 Å². The van der Waals surface area contributed by atoms with E-state index >= 15 is 0 Å². The van der Waals surface area contributed by atoms with Gasteiger partial charge in [-0.3, -0.25) is 0 Å². The Labute approximate surface area is 113 Å². The van der Waals surface area contributed by atoms with Crippen molar-refractivity contribution < 1.29 is 9.84 Å². The van der Waals surface area contributed by atoms with E-state index in [1.54, 1.807) is 0 Å². The van der Waals surface area contributed by atoms with E-state index in [4.69, 9.17) is 9.84 Å². The third kappa shape index (κ3) is 3.96. The Kier molecular flexibility index (Phi) is 4.75. The first-order valence-electron chi connectivity index (χ1n) is 6.34. The summed E-state index contributed by atoms with van der Waals surface area (Å²) in [5, 5.41) is 12.3. The second kappa shape index (κ2) is 6.75. The highest BCUT2D eigenvalue weighted by Gasteiger charge is 1.99. The van der Waals surface area contributed by atoms with Gasteiger partial charge >= 0.3 is 0 Å². The molecule has 19 heavy (non-hydrogen) atoms. The van der Waals surface area contributed by atoms with Crippen LogP contribution in [0.25, 0.3) is 0 Å². The largest absolute Gasteiger partial charge is 0.478 e. The number of nitrogens with zero attached hydrogens (tertiary/aromatic N) is 1. The van der Waals surface area contributed by atoms with Crippen LogP contribution in [0, 0.1) is 0 Å². The first-order chi connectivity index (χ1) is 9.31. The summed E-state index contributed by atoms with van der Waals surface area (Å²) in [5.41, 5.74) is 2.02. The molecule has 1 aromatic heterocycles. The van der Waals surface area contributed by atoms with Gasteiger partial charge in [0.05, 0.1) is 13.2 Å². The molecule has 0 saturated heterocycles. The summed E-state index contributed by atoms with van der Waals surface area (Å²) >= 11 is 0. The normalized spacial score (nSPS) is 10.2. The summed E-state index contributed by atoms with van der Waals surface area (Å²) in [5.74, 6) is 1.40. The molecule has 0 fully saturated rings. The monoisotopic (exact) mass is 258 g/mol. The van der Waals surface area contributed by atoms with Gasteiger partial charge in [-0.15, -0.1) is 0 Å². The number of hydrogen-bond acceptors (Lipinski definition) is 4. The number of aromatic nitrogens is 1. The minimum Gasteiger partial charge on any atom is -0.478 e. The lowest BCUT2D eigenvalue weighted by atomic mass is 10.1. The highest BCUT2D eigenvalue weighted by Crippen LogP contribution is 2.13. The Morgan fingerprint density at radius 3 is 2.74 bits per heavy atom. The van der Waals surface area contributed by atoms with Crippen molar-refractivity contribution in [1.82, 2.24) is 4.98 Å². The molecule has 0 spiro atoms. The molecule has 0 amide bonds. The summed E-state index contributed by atoms with van der Waals surface area (Å²) in [7, 11) is 0. The number of aliphatic hydroxyl groups excluding tert-OH is 1. The van der Waals surface area contributed by atoms with E-state index in [1.165, 1.54) is 0 Å². The summed E-state index contributed by atoms with van der Waals surface area (Å²) < 4.78 is 5.35. The van der Waals surface area contributed by atoms with Gasteiger partial charge in [0.15, 0.2) is 0 Å². The van der Waals surface area contributed by atoms with Crippen LogP contribution in [-0.2, 0) is 13.2 Å². The minimum atomic E-state index is 0.0614. The molecule has 0 saturated carbocycles. The van der Waals surface area contributed by atoms with Crippen molar-refractivity contribution in [1.29, 1.82) is 0 Å². The fourth-order valence-electron chi connectivity index (χ4n) is 1.77. The SMILES string of the molecule is CCOc1cccc(NCc2cccc(CO)c2)n1. The van der Waals surface area contributed by atoms with Crippen molar-refractivity contribution in [3.63, 3.8) is 0 Å². The molecule has 0 atom stereocenters. The number of benzene rings is 1. The Morgan fingerprint density at radius 1 is 1.16 bits per heavy atom. The van der Waals surface area contributed by atoms with Gasteiger partial charge in [0.2, 0.25) is 5.88 Å². The molecule has 1 aromatic carbocycles. The van der Waals surface area contributed by atoms with Crippen LogP contribution in [0.5, 0.6) is 5.88 Å². The van der Waals surface area contributed by atoms with E-state index < -0.39 is 0 Å². The summed E-state index contributed by atoms with van der Waals surface area (Å²) in [6.07, 6.45) is 0. The zero-order valence-corrected chi connectivity index (χ0v) is 11.0. The lowest BCUT2D eigenvalue weighted by molar-refractivity contribution is 0.281. The standard InChI is InChI=1S/C15H18N2O2/c1-2-19-15-8-4-7-14(17-15)16-10-12-5-3-6-13(9-12)11-18/h3-9,18H,2,10-11H2,1H3,(H,16,17). The van der Waals surface area contributed by atoms with E-state index in [2.05, 4.69) is 10.3 Å². The first kappa shape index (κ1) is 13.4. The summed E-state index contributed by atoms with van der Waals surface area (Å²) in [6.45, 7) is 3.26. The summed E-state index contributed by atoms with van der Waals surface area (Å²) in [4.78, 5) is 4.34. The van der Waals surface area contributed by atoms with Crippen LogP contribution in [0.1, 0.15) is 18.1 Å². The minimum absolute atomic E-state index is 0.0614. The number of ether oxygens (including phenoxy) is 1. The molecule has 100 valence electrons. The maximum atomic E-state index is 9.09. The lowest BCUT2D eigenvalue weighted by Gasteiger charge is -2.08. The van der Waals surface area contributed by atoms with Crippen molar-refractivity contribution in [2.75, 3.05) is 11.9 Å². The van der Waals surface area contributed by atoms with Gasteiger partial charge in [-0.25, -0.2) is 0 Å². The molecular weight excluding hydrogens is 240 g/mol. The third-order valence-electron chi connectivity index (χ3n) is 2.66. The molecule has 4 nitrogen and oxygen atoms in total. The number of nitrogens with one attached hydrogen (secondary N) is 1. The maximum absolute atomic E-state index is 9.09. The van der Waals surface area contributed by atoms with Crippen LogP contribution >= 0.6 is 0 Å². The van der Waals surface area contributed by atoms with Gasteiger partial charge in [0, 0.05) is 12.6 Å². The van der Waals surface area contributed by atoms with Gasteiger partial charge in [0.1, 0.15) is 5.82 Å². The van der Waals surface area contributed by atoms with Crippen LogP contribution in [0.15, 0.2) is 42.5 Å². The molecule has 1 heterocycles. The van der Waals surface area contributed by atoms with Crippen LogP contribution < -0.4 is 10.1 Å². The third-order valence-corrected chi connectivity index (χ3v) is 2.66. The number of aliphatic hydroxyl groups is 1. The summed E-state index contributed by atoms with van der Waals surface area (Å²) in [6, 6.07) is 13.5. The predicted molar refractivity (Wildman–Crippen MR) is 75.1 cm³/mol. The van der Waals surface area contributed by atoms with E-state index in [-0.39, 0.29) is 6.61 Å². The Morgan fingerprint density at radius 2 is 1.95 bits per heavy atom. The van der Waals surface area contributed by atoms with Crippen molar-refractivity contribution in [3.8, 4) is 5.88 Å². The van der Waals surface area contributed by atoms with Crippen molar-refractivity contribution >= 4 is 5.82 Å². The fraction of sp³-hybridized carbons (Fsp3) is 0.267. The first-order valence-corrected chi connectivity index (χ1v) is 6.34. The van der Waals surface area contributed by atoms with Crippen molar-refractivity contribution in [2.24, 2.45) is 0 Å². The van der Waals surface area contributed by atoms with E-state index in [0.29, 0.717) is 19.0 Å². The molecule has 0 aliphatic carbocycles. The molecule has 0 aliphatic heterocycles.